The van der Waals surface area contributed by atoms with Gasteiger partial charge in [0.25, 0.3) is 7.82 Å². The molecule has 0 aromatic heterocycles. The average molecular weight is 857 g/mol. The van der Waals surface area contributed by atoms with E-state index in [0.29, 0.717) is 17.4 Å². The molecule has 0 aromatic carbocycles. The highest BCUT2D eigenvalue weighted by Crippen LogP contribution is 2.38. The van der Waals surface area contributed by atoms with Gasteiger partial charge in [-0.2, -0.15) is 0 Å². The van der Waals surface area contributed by atoms with Gasteiger partial charge in [0.1, 0.15) is 13.2 Å². The summed E-state index contributed by atoms with van der Waals surface area (Å²) in [5.41, 5.74) is 0. The lowest BCUT2D eigenvalue weighted by atomic mass is 10.0. The molecule has 0 saturated heterocycles. The van der Waals surface area contributed by atoms with Gasteiger partial charge in [-0.1, -0.05) is 238 Å². The summed E-state index contributed by atoms with van der Waals surface area (Å²) in [5, 5.41) is 13.8. The van der Waals surface area contributed by atoms with Crippen LogP contribution in [0.3, 0.4) is 0 Å². The van der Waals surface area contributed by atoms with Gasteiger partial charge in [-0.25, -0.2) is 0 Å². The van der Waals surface area contributed by atoms with Crippen LogP contribution in [0.1, 0.15) is 251 Å². The lowest BCUT2D eigenvalue weighted by molar-refractivity contribution is -0.870. The van der Waals surface area contributed by atoms with E-state index in [1.54, 1.807) is 6.08 Å². The van der Waals surface area contributed by atoms with Crippen molar-refractivity contribution in [1.82, 2.24) is 5.32 Å². The smallest absolute Gasteiger partial charge is 0.268 e. The lowest BCUT2D eigenvalue weighted by Crippen LogP contribution is -2.45. The largest absolute Gasteiger partial charge is 0.756 e. The maximum atomic E-state index is 12.9. The minimum absolute atomic E-state index is 0.00226. The Morgan fingerprint density at radius 3 is 1.27 bits per heavy atom. The van der Waals surface area contributed by atoms with E-state index in [2.05, 4.69) is 19.2 Å². The van der Waals surface area contributed by atoms with Crippen LogP contribution >= 0.6 is 7.82 Å². The molecule has 9 heteroatoms. The number of unbranched alkanes of at least 4 members (excludes halogenated alkanes) is 34. The molecule has 2 N–H and O–H groups in total. The Morgan fingerprint density at radius 1 is 0.576 bits per heavy atom. The fraction of sp³-hybridized carbons (Fsp3) is 0.940. The fourth-order valence-electron chi connectivity index (χ4n) is 7.68. The van der Waals surface area contributed by atoms with Crippen LogP contribution in [0.15, 0.2) is 12.2 Å². The molecule has 0 bridgehead atoms. The molecule has 59 heavy (non-hydrogen) atoms. The zero-order valence-corrected chi connectivity index (χ0v) is 40.9. The molecule has 0 aliphatic heterocycles. The van der Waals surface area contributed by atoms with E-state index in [4.69, 9.17) is 9.05 Å². The molecule has 0 fully saturated rings. The van der Waals surface area contributed by atoms with Gasteiger partial charge in [0.15, 0.2) is 0 Å². The molecule has 0 spiro atoms. The standard InChI is InChI=1S/C50H101N2O6P/c1-6-8-10-12-14-16-18-20-21-22-23-24-25-26-27-28-29-30-32-34-36-38-40-42-44-50(54)51-48(47-58-59(55,56)57-46-45-52(3,4)5)49(53)43-41-39-37-35-33-31-19-17-15-13-11-9-7-2/h41,43,48-49,53H,6-40,42,44-47H2,1-5H3,(H-,51,54,55,56)/b43-41+. The van der Waals surface area contributed by atoms with Crippen LogP contribution < -0.4 is 10.2 Å². The van der Waals surface area contributed by atoms with Gasteiger partial charge in [0.2, 0.25) is 5.91 Å². The first kappa shape index (κ1) is 58.2. The second-order valence-corrected chi connectivity index (χ2v) is 20.3. The third-order valence-corrected chi connectivity index (χ3v) is 12.7. The summed E-state index contributed by atoms with van der Waals surface area (Å²) in [7, 11) is 1.27. The van der Waals surface area contributed by atoms with Gasteiger partial charge in [-0.15, -0.1) is 0 Å². The molecule has 0 heterocycles. The second kappa shape index (κ2) is 42.5. The third-order valence-electron chi connectivity index (χ3n) is 11.7. The number of phosphoric ester groups is 1. The van der Waals surface area contributed by atoms with Gasteiger partial charge in [-0.05, 0) is 19.3 Å². The summed E-state index contributed by atoms with van der Waals surface area (Å²) < 4.78 is 23.2. The Labute approximate surface area is 367 Å². The van der Waals surface area contributed by atoms with E-state index in [1.165, 1.54) is 193 Å². The van der Waals surface area contributed by atoms with Crippen molar-refractivity contribution >= 4 is 13.7 Å². The van der Waals surface area contributed by atoms with Crippen molar-refractivity contribution in [2.45, 2.75) is 264 Å². The number of likely N-dealkylation sites (N-methyl/N-ethyl adjacent to an activating group) is 1. The lowest BCUT2D eigenvalue weighted by Gasteiger charge is -2.29. The van der Waals surface area contributed by atoms with Crippen LogP contribution in [0.2, 0.25) is 0 Å². The van der Waals surface area contributed by atoms with Gasteiger partial charge in [-0.3, -0.25) is 9.36 Å². The first-order chi connectivity index (χ1) is 28.5. The summed E-state index contributed by atoms with van der Waals surface area (Å²) in [5.74, 6) is -0.193. The van der Waals surface area contributed by atoms with Crippen molar-refractivity contribution in [2.75, 3.05) is 40.9 Å². The van der Waals surface area contributed by atoms with Crippen molar-refractivity contribution in [3.8, 4) is 0 Å². The monoisotopic (exact) mass is 857 g/mol. The van der Waals surface area contributed by atoms with Crippen molar-refractivity contribution in [1.29, 1.82) is 0 Å². The van der Waals surface area contributed by atoms with E-state index in [9.17, 15) is 19.4 Å². The van der Waals surface area contributed by atoms with Crippen LogP contribution in [0.5, 0.6) is 0 Å². The normalized spacial score (nSPS) is 14.2. The number of amides is 1. The summed E-state index contributed by atoms with van der Waals surface area (Å²) in [4.78, 5) is 25.4. The first-order valence-corrected chi connectivity index (χ1v) is 27.0. The number of phosphoric acid groups is 1. The number of hydrogen-bond acceptors (Lipinski definition) is 6. The van der Waals surface area contributed by atoms with Gasteiger partial charge >= 0.3 is 0 Å². The first-order valence-electron chi connectivity index (χ1n) is 25.6. The SMILES string of the molecule is CCCCCCCCCCCCC/C=C/C(O)C(COP(=O)([O-])OCC[N+](C)(C)C)NC(=O)CCCCCCCCCCCCCCCCCCCCCCCCCC. The number of quaternary nitrogens is 1. The molecule has 3 unspecified atom stereocenters. The van der Waals surface area contributed by atoms with Crippen LogP contribution in [0, 0.1) is 0 Å². The quantitative estimate of drug-likeness (QED) is 0.0273. The van der Waals surface area contributed by atoms with E-state index < -0.39 is 20.0 Å². The van der Waals surface area contributed by atoms with Crippen LogP contribution in [0.4, 0.5) is 0 Å². The maximum absolute atomic E-state index is 12.9. The molecule has 3 atom stereocenters. The predicted octanol–water partition coefficient (Wildman–Crippen LogP) is 14.1. The predicted molar refractivity (Wildman–Crippen MR) is 252 cm³/mol. The molecule has 0 aliphatic rings. The number of aliphatic hydroxyl groups excluding tert-OH is 1. The fourth-order valence-corrected chi connectivity index (χ4v) is 8.41. The van der Waals surface area contributed by atoms with E-state index in [0.717, 1.165) is 38.5 Å². The van der Waals surface area contributed by atoms with Crippen molar-refractivity contribution in [3.63, 3.8) is 0 Å². The molecule has 1 amide bonds. The van der Waals surface area contributed by atoms with Crippen molar-refractivity contribution in [3.05, 3.63) is 12.2 Å². The number of nitrogens with one attached hydrogen (secondary N) is 1. The number of allylic oxidation sites excluding steroid dienone is 1. The van der Waals surface area contributed by atoms with E-state index in [-0.39, 0.29) is 19.1 Å². The Hall–Kier alpha value is -0.760. The average Bonchev–Trinajstić information content (AvgIpc) is 3.19. The number of aliphatic hydroxyl groups is 1. The minimum atomic E-state index is -4.58. The second-order valence-electron chi connectivity index (χ2n) is 18.9. The molecular formula is C50H101N2O6P. The number of carbonyl (C=O) groups excluding carboxylic acids is 1. The topological polar surface area (TPSA) is 108 Å². The molecule has 0 saturated carbocycles. The summed E-state index contributed by atoms with van der Waals surface area (Å²) >= 11 is 0. The number of nitrogens with zero attached hydrogens (tertiary/aromatic N) is 1. The van der Waals surface area contributed by atoms with Gasteiger partial charge < -0.3 is 28.8 Å². The highest BCUT2D eigenvalue weighted by Gasteiger charge is 2.23. The molecule has 0 aliphatic carbocycles. The summed E-state index contributed by atoms with van der Waals surface area (Å²) in [6.45, 7) is 4.67. The number of hydrogen-bond donors (Lipinski definition) is 2. The highest BCUT2D eigenvalue weighted by atomic mass is 31.2. The number of carbonyl (C=O) groups is 1. The summed E-state index contributed by atoms with van der Waals surface area (Å²) in [6, 6.07) is -0.880. The van der Waals surface area contributed by atoms with E-state index in [1.807, 2.05) is 27.2 Å². The van der Waals surface area contributed by atoms with E-state index >= 15 is 0 Å². The molecule has 0 rings (SSSR count). The summed E-state index contributed by atoms with van der Waals surface area (Å²) in [6.07, 6.45) is 49.8. The van der Waals surface area contributed by atoms with Crippen molar-refractivity contribution < 1.29 is 32.9 Å². The van der Waals surface area contributed by atoms with Crippen molar-refractivity contribution in [2.24, 2.45) is 0 Å². The Kier molecular flexibility index (Phi) is 42.0. The molecule has 8 nitrogen and oxygen atoms in total. The van der Waals surface area contributed by atoms with Crippen LogP contribution in [-0.2, 0) is 18.4 Å². The Bertz CT molecular complexity index is 974. The zero-order chi connectivity index (χ0) is 43.6. The zero-order valence-electron chi connectivity index (χ0n) is 40.0. The number of rotatable bonds is 47. The van der Waals surface area contributed by atoms with Gasteiger partial charge in [0, 0.05) is 6.42 Å². The maximum Gasteiger partial charge on any atom is 0.268 e. The molecular weight excluding hydrogens is 756 g/mol. The molecule has 0 radical (unpaired) electrons. The van der Waals surface area contributed by atoms with Crippen LogP contribution in [0.25, 0.3) is 0 Å². The Balaban J connectivity index is 4.17. The van der Waals surface area contributed by atoms with Gasteiger partial charge in [0.05, 0.1) is 39.9 Å². The van der Waals surface area contributed by atoms with Crippen LogP contribution in [-0.4, -0.2) is 68.5 Å². The molecule has 352 valence electrons. The minimum Gasteiger partial charge on any atom is -0.756 e. The Morgan fingerprint density at radius 2 is 0.915 bits per heavy atom. The molecule has 0 aromatic rings. The third kappa shape index (κ3) is 45.1. The highest BCUT2D eigenvalue weighted by molar-refractivity contribution is 7.45.